The lowest BCUT2D eigenvalue weighted by atomic mass is 10.1. The molecule has 3 aromatic carbocycles. The van der Waals surface area contributed by atoms with Gasteiger partial charge >= 0.3 is 5.69 Å². The number of benzene rings is 3. The largest absolute Gasteiger partial charge is 0.493 e. The number of carbonyl (C=O) groups excluding carboxylic acids is 1. The summed E-state index contributed by atoms with van der Waals surface area (Å²) in [7, 11) is 4.64. The fourth-order valence-electron chi connectivity index (χ4n) is 4.64. The number of ether oxygens (including phenoxy) is 3. The second-order valence-electron chi connectivity index (χ2n) is 9.71. The van der Waals surface area contributed by atoms with E-state index >= 15 is 0 Å². The van der Waals surface area contributed by atoms with Gasteiger partial charge in [-0.2, -0.15) is 0 Å². The van der Waals surface area contributed by atoms with E-state index in [1.54, 1.807) is 48.1 Å². The first-order valence-electron chi connectivity index (χ1n) is 13.1. The van der Waals surface area contributed by atoms with Gasteiger partial charge in [-0.25, -0.2) is 4.79 Å². The van der Waals surface area contributed by atoms with Crippen LogP contribution in [0.4, 0.5) is 0 Å². The number of hydrogen-bond acceptors (Lipinski definition) is 6. The molecule has 0 unspecified atom stereocenters. The van der Waals surface area contributed by atoms with Crippen molar-refractivity contribution in [2.24, 2.45) is 0 Å². The van der Waals surface area contributed by atoms with E-state index in [9.17, 15) is 14.4 Å². The normalized spacial score (nSPS) is 11.0. The lowest BCUT2D eigenvalue weighted by molar-refractivity contribution is 0.0948. The third kappa shape index (κ3) is 6.10. The van der Waals surface area contributed by atoms with E-state index in [4.69, 9.17) is 14.2 Å². The van der Waals surface area contributed by atoms with Gasteiger partial charge in [-0.1, -0.05) is 35.9 Å². The Kier molecular flexibility index (Phi) is 9.06. The third-order valence-corrected chi connectivity index (χ3v) is 6.93. The zero-order chi connectivity index (χ0) is 28.8. The highest BCUT2D eigenvalue weighted by atomic mass is 16.5. The van der Waals surface area contributed by atoms with Gasteiger partial charge in [-0.15, -0.1) is 0 Å². The molecule has 1 aromatic heterocycles. The molecule has 0 saturated heterocycles. The quantitative estimate of drug-likeness (QED) is 0.289. The minimum absolute atomic E-state index is 0.0461. The highest BCUT2D eigenvalue weighted by Crippen LogP contribution is 2.30. The predicted octanol–water partition coefficient (Wildman–Crippen LogP) is 3.66. The topological polar surface area (TPSA) is 101 Å². The van der Waals surface area contributed by atoms with Crippen molar-refractivity contribution >= 4 is 16.8 Å². The zero-order valence-electron chi connectivity index (χ0n) is 23.6. The van der Waals surface area contributed by atoms with Crippen LogP contribution in [0.3, 0.4) is 0 Å². The molecule has 9 nitrogen and oxygen atoms in total. The van der Waals surface area contributed by atoms with Crippen LogP contribution in [0.15, 0.2) is 64.2 Å². The van der Waals surface area contributed by atoms with Gasteiger partial charge < -0.3 is 19.5 Å². The summed E-state index contributed by atoms with van der Waals surface area (Å²) in [6, 6.07) is 16.3. The standard InChI is InChI=1S/C31H35N3O6/c1-20-7-8-21(2)24(15-20)19-33-26-17-28(40-5)27(39-4)16-25(26)30(36)34(31(33)37)18-22-9-11-23(12-10-22)29(35)32-13-6-14-38-3/h7-12,15-17H,6,13-14,18-19H2,1-5H3,(H,32,35). The van der Waals surface area contributed by atoms with E-state index < -0.39 is 11.2 Å². The van der Waals surface area contributed by atoms with Gasteiger partial charge in [0, 0.05) is 31.9 Å². The number of fused-ring (bicyclic) bond motifs is 1. The minimum Gasteiger partial charge on any atom is -0.493 e. The van der Waals surface area contributed by atoms with Gasteiger partial charge in [0.15, 0.2) is 11.5 Å². The SMILES string of the molecule is COCCCNC(=O)c1ccc(Cn2c(=O)c3cc(OC)c(OC)cc3n(Cc3cc(C)ccc3C)c2=O)cc1. The summed E-state index contributed by atoms with van der Waals surface area (Å²) < 4.78 is 18.8. The summed E-state index contributed by atoms with van der Waals surface area (Å²) in [5.74, 6) is 0.635. The molecule has 0 radical (unpaired) electrons. The summed E-state index contributed by atoms with van der Waals surface area (Å²) in [6.07, 6.45) is 0.718. The van der Waals surface area contributed by atoms with Crippen molar-refractivity contribution in [2.45, 2.75) is 33.4 Å². The zero-order valence-corrected chi connectivity index (χ0v) is 23.6. The smallest absolute Gasteiger partial charge is 0.332 e. The highest BCUT2D eigenvalue weighted by Gasteiger charge is 2.18. The third-order valence-electron chi connectivity index (χ3n) is 6.93. The van der Waals surface area contributed by atoms with Crippen LogP contribution in [0.5, 0.6) is 11.5 Å². The van der Waals surface area contributed by atoms with Gasteiger partial charge in [0.05, 0.1) is 38.2 Å². The maximum absolute atomic E-state index is 13.9. The van der Waals surface area contributed by atoms with Crippen molar-refractivity contribution in [3.63, 3.8) is 0 Å². The van der Waals surface area contributed by atoms with Crippen molar-refractivity contribution in [3.8, 4) is 11.5 Å². The number of rotatable bonds is 11. The molecule has 1 amide bonds. The van der Waals surface area contributed by atoms with Crippen molar-refractivity contribution in [1.82, 2.24) is 14.5 Å². The van der Waals surface area contributed by atoms with E-state index in [2.05, 4.69) is 5.32 Å². The van der Waals surface area contributed by atoms with Crippen LogP contribution in [-0.2, 0) is 17.8 Å². The maximum Gasteiger partial charge on any atom is 0.332 e. The molecule has 4 aromatic rings. The molecular weight excluding hydrogens is 510 g/mol. The first-order chi connectivity index (χ1) is 19.3. The number of nitrogens with zero attached hydrogens (tertiary/aromatic N) is 2. The summed E-state index contributed by atoms with van der Waals surface area (Å²) in [5, 5.41) is 3.19. The molecule has 0 saturated carbocycles. The van der Waals surface area contributed by atoms with Gasteiger partial charge in [-0.3, -0.25) is 18.7 Å². The Labute approximate surface area is 232 Å². The molecule has 0 aliphatic rings. The fourth-order valence-corrected chi connectivity index (χ4v) is 4.64. The van der Waals surface area contributed by atoms with Gasteiger partial charge in [0.1, 0.15) is 0 Å². The Balaban J connectivity index is 1.77. The first kappa shape index (κ1) is 28.6. The van der Waals surface area contributed by atoms with E-state index in [0.29, 0.717) is 46.7 Å². The molecule has 0 bridgehead atoms. The first-order valence-corrected chi connectivity index (χ1v) is 13.1. The summed E-state index contributed by atoms with van der Waals surface area (Å²) in [6.45, 7) is 5.40. The maximum atomic E-state index is 13.9. The Morgan fingerprint density at radius 2 is 1.55 bits per heavy atom. The van der Waals surface area contributed by atoms with E-state index in [1.165, 1.54) is 18.8 Å². The second-order valence-corrected chi connectivity index (χ2v) is 9.71. The monoisotopic (exact) mass is 545 g/mol. The molecule has 40 heavy (non-hydrogen) atoms. The number of amides is 1. The number of carbonyl (C=O) groups is 1. The minimum atomic E-state index is -0.439. The van der Waals surface area contributed by atoms with E-state index in [1.807, 2.05) is 32.0 Å². The molecule has 0 fully saturated rings. The van der Waals surface area contributed by atoms with Crippen molar-refractivity contribution in [2.75, 3.05) is 34.5 Å². The Morgan fingerprint density at radius 1 is 0.850 bits per heavy atom. The summed E-state index contributed by atoms with van der Waals surface area (Å²) in [4.78, 5) is 40.0. The number of aromatic nitrogens is 2. The van der Waals surface area contributed by atoms with Crippen LogP contribution < -0.4 is 26.0 Å². The van der Waals surface area contributed by atoms with Crippen molar-refractivity contribution < 1.29 is 19.0 Å². The molecule has 1 heterocycles. The predicted molar refractivity (Wildman–Crippen MR) is 155 cm³/mol. The Hall–Kier alpha value is -4.37. The lowest BCUT2D eigenvalue weighted by Crippen LogP contribution is -2.40. The Bertz CT molecular complexity index is 1640. The van der Waals surface area contributed by atoms with Gasteiger partial charge in [-0.05, 0) is 55.2 Å². The number of aryl methyl sites for hydroxylation is 2. The Morgan fingerprint density at radius 3 is 2.23 bits per heavy atom. The molecule has 0 atom stereocenters. The number of nitrogens with one attached hydrogen (secondary N) is 1. The van der Waals surface area contributed by atoms with Crippen LogP contribution in [0.1, 0.15) is 39.0 Å². The molecule has 0 aliphatic carbocycles. The number of methoxy groups -OCH3 is 3. The molecule has 0 spiro atoms. The average Bonchev–Trinajstić information content (AvgIpc) is 2.96. The second kappa shape index (κ2) is 12.7. The molecule has 9 heteroatoms. The van der Waals surface area contributed by atoms with Gasteiger partial charge in [0.2, 0.25) is 0 Å². The molecule has 1 N–H and O–H groups in total. The summed E-state index contributed by atoms with van der Waals surface area (Å²) in [5.41, 5.74) is 3.90. The van der Waals surface area contributed by atoms with Crippen LogP contribution >= 0.6 is 0 Å². The van der Waals surface area contributed by atoms with E-state index in [0.717, 1.165) is 23.1 Å². The van der Waals surface area contributed by atoms with Crippen LogP contribution in [0.2, 0.25) is 0 Å². The lowest BCUT2D eigenvalue weighted by Gasteiger charge is -2.17. The number of hydrogen-bond donors (Lipinski definition) is 1. The van der Waals surface area contributed by atoms with Crippen LogP contribution in [0, 0.1) is 13.8 Å². The summed E-state index contributed by atoms with van der Waals surface area (Å²) >= 11 is 0. The van der Waals surface area contributed by atoms with Crippen molar-refractivity contribution in [1.29, 1.82) is 0 Å². The van der Waals surface area contributed by atoms with Crippen molar-refractivity contribution in [3.05, 3.63) is 103 Å². The molecular formula is C31H35N3O6. The average molecular weight is 546 g/mol. The van der Waals surface area contributed by atoms with Crippen LogP contribution in [0.25, 0.3) is 10.9 Å². The fraction of sp³-hybridized carbons (Fsp3) is 0.323. The van der Waals surface area contributed by atoms with Crippen LogP contribution in [-0.4, -0.2) is 49.5 Å². The highest BCUT2D eigenvalue weighted by molar-refractivity contribution is 5.94. The van der Waals surface area contributed by atoms with E-state index in [-0.39, 0.29) is 19.0 Å². The molecule has 210 valence electrons. The molecule has 0 aliphatic heterocycles. The molecule has 4 rings (SSSR count). The van der Waals surface area contributed by atoms with Gasteiger partial charge in [0.25, 0.3) is 11.5 Å².